The molecule has 1 heterocycles. The Kier molecular flexibility index (Phi) is 4.90. The van der Waals surface area contributed by atoms with Gasteiger partial charge in [-0.25, -0.2) is 0 Å². The van der Waals surface area contributed by atoms with Crippen LogP contribution in [0, 0.1) is 11.3 Å². The SMILES string of the molecule is CCC(C)n1ccc(CC(O)C2CCCCC2(C)C)n1. The number of aliphatic hydroxyl groups excluding tert-OH is 1. The molecule has 2 rings (SSSR count). The Labute approximate surface area is 123 Å². The maximum atomic E-state index is 10.6. The lowest BCUT2D eigenvalue weighted by Crippen LogP contribution is -2.38. The van der Waals surface area contributed by atoms with Crippen molar-refractivity contribution >= 4 is 0 Å². The van der Waals surface area contributed by atoms with Crippen molar-refractivity contribution in [2.24, 2.45) is 11.3 Å². The normalized spacial score (nSPS) is 25.4. The van der Waals surface area contributed by atoms with Crippen LogP contribution in [-0.4, -0.2) is 21.0 Å². The lowest BCUT2D eigenvalue weighted by Gasteiger charge is -2.41. The highest BCUT2D eigenvalue weighted by Gasteiger charge is 2.36. The molecule has 0 bridgehead atoms. The van der Waals surface area contributed by atoms with Crippen LogP contribution in [0.25, 0.3) is 0 Å². The smallest absolute Gasteiger partial charge is 0.0650 e. The summed E-state index contributed by atoms with van der Waals surface area (Å²) in [5.41, 5.74) is 1.29. The van der Waals surface area contributed by atoms with Gasteiger partial charge in [0, 0.05) is 18.7 Å². The Balaban J connectivity index is 2.00. The predicted molar refractivity (Wildman–Crippen MR) is 82.7 cm³/mol. The van der Waals surface area contributed by atoms with Crippen molar-refractivity contribution in [1.82, 2.24) is 9.78 Å². The maximum absolute atomic E-state index is 10.6. The highest BCUT2D eigenvalue weighted by atomic mass is 16.3. The lowest BCUT2D eigenvalue weighted by molar-refractivity contribution is 0.00522. The molecule has 3 nitrogen and oxygen atoms in total. The molecule has 1 N–H and O–H groups in total. The summed E-state index contributed by atoms with van der Waals surface area (Å²) in [6, 6.07) is 2.50. The van der Waals surface area contributed by atoms with Crippen LogP contribution in [0.4, 0.5) is 0 Å². The van der Waals surface area contributed by atoms with Crippen LogP contribution < -0.4 is 0 Å². The van der Waals surface area contributed by atoms with Crippen molar-refractivity contribution in [2.75, 3.05) is 0 Å². The van der Waals surface area contributed by atoms with Crippen molar-refractivity contribution in [1.29, 1.82) is 0 Å². The third kappa shape index (κ3) is 3.43. The molecule has 0 aromatic carbocycles. The molecule has 3 heteroatoms. The van der Waals surface area contributed by atoms with E-state index >= 15 is 0 Å². The molecule has 0 amide bonds. The van der Waals surface area contributed by atoms with E-state index in [0.29, 0.717) is 18.4 Å². The van der Waals surface area contributed by atoms with Gasteiger partial charge < -0.3 is 5.11 Å². The summed E-state index contributed by atoms with van der Waals surface area (Å²) in [6.07, 6.45) is 8.51. The molecular formula is C17H30N2O. The minimum atomic E-state index is -0.259. The third-order valence-corrected chi connectivity index (χ3v) is 5.18. The Morgan fingerprint density at radius 2 is 2.20 bits per heavy atom. The molecule has 0 saturated heterocycles. The number of hydrogen-bond donors (Lipinski definition) is 1. The fraction of sp³-hybridized carbons (Fsp3) is 0.824. The van der Waals surface area contributed by atoms with E-state index in [1.54, 1.807) is 0 Å². The number of aliphatic hydroxyl groups is 1. The zero-order valence-electron chi connectivity index (χ0n) is 13.5. The number of aromatic nitrogens is 2. The van der Waals surface area contributed by atoms with Crippen LogP contribution in [0.3, 0.4) is 0 Å². The Hall–Kier alpha value is -0.830. The number of rotatable bonds is 5. The zero-order valence-corrected chi connectivity index (χ0v) is 13.5. The van der Waals surface area contributed by atoms with Gasteiger partial charge in [-0.2, -0.15) is 5.10 Å². The molecule has 0 aliphatic heterocycles. The molecule has 3 atom stereocenters. The lowest BCUT2D eigenvalue weighted by atomic mass is 9.66. The molecule has 0 radical (unpaired) electrons. The zero-order chi connectivity index (χ0) is 14.8. The topological polar surface area (TPSA) is 38.0 Å². The molecule has 1 aliphatic carbocycles. The molecule has 1 saturated carbocycles. The maximum Gasteiger partial charge on any atom is 0.0650 e. The second kappa shape index (κ2) is 6.30. The molecule has 114 valence electrons. The van der Waals surface area contributed by atoms with Gasteiger partial charge in [0.25, 0.3) is 0 Å². The second-order valence-corrected chi connectivity index (χ2v) is 7.16. The molecule has 20 heavy (non-hydrogen) atoms. The highest BCUT2D eigenvalue weighted by molar-refractivity contribution is 5.03. The summed E-state index contributed by atoms with van der Waals surface area (Å²) >= 11 is 0. The summed E-state index contributed by atoms with van der Waals surface area (Å²) in [5.74, 6) is 0.407. The minimum absolute atomic E-state index is 0.259. The first kappa shape index (κ1) is 15.6. The number of hydrogen-bond acceptors (Lipinski definition) is 2. The fourth-order valence-corrected chi connectivity index (χ4v) is 3.51. The Bertz CT molecular complexity index is 424. The quantitative estimate of drug-likeness (QED) is 0.885. The van der Waals surface area contributed by atoms with Gasteiger partial charge in [0.05, 0.1) is 11.8 Å². The van der Waals surface area contributed by atoms with E-state index in [-0.39, 0.29) is 11.5 Å². The van der Waals surface area contributed by atoms with Crippen molar-refractivity contribution in [3.8, 4) is 0 Å². The van der Waals surface area contributed by atoms with Gasteiger partial charge >= 0.3 is 0 Å². The molecule has 1 aromatic heterocycles. The van der Waals surface area contributed by atoms with Crippen LogP contribution in [-0.2, 0) is 6.42 Å². The molecule has 1 aromatic rings. The van der Waals surface area contributed by atoms with E-state index in [2.05, 4.69) is 38.9 Å². The van der Waals surface area contributed by atoms with Crippen LogP contribution in [0.2, 0.25) is 0 Å². The van der Waals surface area contributed by atoms with E-state index in [1.165, 1.54) is 19.3 Å². The van der Waals surface area contributed by atoms with Gasteiger partial charge in [0.1, 0.15) is 0 Å². The summed E-state index contributed by atoms with van der Waals surface area (Å²) in [5, 5.41) is 15.2. The van der Waals surface area contributed by atoms with Crippen molar-refractivity contribution in [2.45, 2.75) is 78.4 Å². The average Bonchev–Trinajstić information content (AvgIpc) is 2.85. The average molecular weight is 278 g/mol. The Morgan fingerprint density at radius 3 is 2.85 bits per heavy atom. The standard InChI is InChI=1S/C17H30N2O/c1-5-13(2)19-11-9-14(18-19)12-16(20)15-8-6-7-10-17(15,3)4/h9,11,13,15-16,20H,5-8,10,12H2,1-4H3. The van der Waals surface area contributed by atoms with E-state index in [0.717, 1.165) is 18.5 Å². The van der Waals surface area contributed by atoms with E-state index in [4.69, 9.17) is 0 Å². The van der Waals surface area contributed by atoms with Gasteiger partial charge in [-0.3, -0.25) is 4.68 Å². The molecular weight excluding hydrogens is 248 g/mol. The summed E-state index contributed by atoms with van der Waals surface area (Å²) in [7, 11) is 0. The summed E-state index contributed by atoms with van der Waals surface area (Å²) in [6.45, 7) is 8.96. The van der Waals surface area contributed by atoms with Crippen molar-refractivity contribution in [3.63, 3.8) is 0 Å². The van der Waals surface area contributed by atoms with E-state index < -0.39 is 0 Å². The number of nitrogens with zero attached hydrogens (tertiary/aromatic N) is 2. The molecule has 1 aliphatic rings. The molecule has 3 unspecified atom stereocenters. The first-order valence-corrected chi connectivity index (χ1v) is 8.16. The Morgan fingerprint density at radius 1 is 1.45 bits per heavy atom. The largest absolute Gasteiger partial charge is 0.392 e. The van der Waals surface area contributed by atoms with Gasteiger partial charge in [-0.1, -0.05) is 33.6 Å². The third-order valence-electron chi connectivity index (χ3n) is 5.18. The first-order chi connectivity index (χ1) is 9.44. The highest BCUT2D eigenvalue weighted by Crippen LogP contribution is 2.42. The van der Waals surface area contributed by atoms with Gasteiger partial charge in [0.15, 0.2) is 0 Å². The molecule has 0 spiro atoms. The van der Waals surface area contributed by atoms with E-state index in [9.17, 15) is 5.11 Å². The monoisotopic (exact) mass is 278 g/mol. The van der Waals surface area contributed by atoms with Crippen molar-refractivity contribution in [3.05, 3.63) is 18.0 Å². The first-order valence-electron chi connectivity index (χ1n) is 8.16. The van der Waals surface area contributed by atoms with E-state index in [1.807, 2.05) is 10.9 Å². The van der Waals surface area contributed by atoms with Gasteiger partial charge in [0.2, 0.25) is 0 Å². The summed E-state index contributed by atoms with van der Waals surface area (Å²) in [4.78, 5) is 0. The van der Waals surface area contributed by atoms with Crippen LogP contribution in [0.5, 0.6) is 0 Å². The van der Waals surface area contributed by atoms with Gasteiger partial charge in [-0.05, 0) is 43.6 Å². The fourth-order valence-electron chi connectivity index (χ4n) is 3.51. The minimum Gasteiger partial charge on any atom is -0.392 e. The summed E-state index contributed by atoms with van der Waals surface area (Å²) < 4.78 is 2.02. The second-order valence-electron chi connectivity index (χ2n) is 7.16. The van der Waals surface area contributed by atoms with Crippen LogP contribution in [0.15, 0.2) is 12.3 Å². The van der Waals surface area contributed by atoms with Crippen molar-refractivity contribution < 1.29 is 5.11 Å². The molecule has 1 fully saturated rings. The predicted octanol–water partition coefficient (Wildman–Crippen LogP) is 3.97. The van der Waals surface area contributed by atoms with Crippen LogP contribution in [0.1, 0.15) is 71.5 Å². The van der Waals surface area contributed by atoms with Crippen LogP contribution >= 0.6 is 0 Å². The van der Waals surface area contributed by atoms with Gasteiger partial charge in [-0.15, -0.1) is 0 Å².